The molecule has 0 bridgehead atoms. The first-order valence-electron chi connectivity index (χ1n) is 5.10. The van der Waals surface area contributed by atoms with Crippen LogP contribution in [0.3, 0.4) is 0 Å². The van der Waals surface area contributed by atoms with E-state index in [2.05, 4.69) is 10.1 Å². The SMILES string of the molecule is CC(N)Cc1noc(-c2c(F)cccc2F)n1. The van der Waals surface area contributed by atoms with E-state index in [0.29, 0.717) is 12.2 Å². The molecular formula is C11H11F2N3O. The molecule has 6 heteroatoms. The Bertz CT molecular complexity index is 505. The average Bonchev–Trinajstić information content (AvgIpc) is 2.65. The van der Waals surface area contributed by atoms with Gasteiger partial charge in [0.1, 0.15) is 17.2 Å². The summed E-state index contributed by atoms with van der Waals surface area (Å²) in [6, 6.07) is 3.39. The largest absolute Gasteiger partial charge is 0.334 e. The maximum atomic E-state index is 13.4. The minimum Gasteiger partial charge on any atom is -0.334 e. The molecule has 0 aliphatic heterocycles. The van der Waals surface area contributed by atoms with Gasteiger partial charge in [-0.05, 0) is 19.1 Å². The summed E-state index contributed by atoms with van der Waals surface area (Å²) in [5.41, 5.74) is 5.25. The Kier molecular flexibility index (Phi) is 3.14. The fourth-order valence-corrected chi connectivity index (χ4v) is 1.43. The number of hydrogen-bond donors (Lipinski definition) is 1. The van der Waals surface area contributed by atoms with Gasteiger partial charge in [0, 0.05) is 12.5 Å². The van der Waals surface area contributed by atoms with E-state index in [9.17, 15) is 8.78 Å². The van der Waals surface area contributed by atoms with Crippen LogP contribution in [0.15, 0.2) is 22.7 Å². The van der Waals surface area contributed by atoms with Gasteiger partial charge in [0.15, 0.2) is 5.82 Å². The lowest BCUT2D eigenvalue weighted by Gasteiger charge is -1.98. The van der Waals surface area contributed by atoms with Crippen molar-refractivity contribution < 1.29 is 13.3 Å². The molecule has 0 aliphatic rings. The number of nitrogens with zero attached hydrogens (tertiary/aromatic N) is 2. The number of benzene rings is 1. The van der Waals surface area contributed by atoms with Crippen molar-refractivity contribution in [3.63, 3.8) is 0 Å². The van der Waals surface area contributed by atoms with Crippen LogP contribution in [-0.2, 0) is 6.42 Å². The third-order valence-corrected chi connectivity index (χ3v) is 2.15. The summed E-state index contributed by atoms with van der Waals surface area (Å²) in [6.07, 6.45) is 0.388. The Morgan fingerprint density at radius 1 is 1.35 bits per heavy atom. The standard InChI is InChI=1S/C11H11F2N3O/c1-6(14)5-9-15-11(17-16-9)10-7(12)3-2-4-8(10)13/h2-4,6H,5,14H2,1H3. The summed E-state index contributed by atoms with van der Waals surface area (Å²) < 4.78 is 31.6. The van der Waals surface area contributed by atoms with Crippen LogP contribution in [0.4, 0.5) is 8.78 Å². The number of nitrogens with two attached hydrogens (primary N) is 1. The Morgan fingerprint density at radius 3 is 2.59 bits per heavy atom. The van der Waals surface area contributed by atoms with E-state index < -0.39 is 11.6 Å². The zero-order valence-corrected chi connectivity index (χ0v) is 9.15. The number of aromatic nitrogens is 2. The van der Waals surface area contributed by atoms with E-state index in [4.69, 9.17) is 10.3 Å². The normalized spacial score (nSPS) is 12.7. The van der Waals surface area contributed by atoms with Crippen LogP contribution in [-0.4, -0.2) is 16.2 Å². The lowest BCUT2D eigenvalue weighted by Crippen LogP contribution is -2.18. The number of hydrogen-bond acceptors (Lipinski definition) is 4. The van der Waals surface area contributed by atoms with Gasteiger partial charge in [-0.2, -0.15) is 4.98 Å². The maximum Gasteiger partial charge on any atom is 0.263 e. The predicted octanol–water partition coefficient (Wildman–Crippen LogP) is 1.90. The summed E-state index contributed by atoms with van der Waals surface area (Å²) in [5.74, 6) is -1.31. The van der Waals surface area contributed by atoms with E-state index in [0.717, 1.165) is 12.1 Å². The van der Waals surface area contributed by atoms with Crippen molar-refractivity contribution in [1.82, 2.24) is 10.1 Å². The molecule has 90 valence electrons. The zero-order valence-electron chi connectivity index (χ0n) is 9.15. The molecule has 0 fully saturated rings. The second kappa shape index (κ2) is 4.58. The molecular weight excluding hydrogens is 228 g/mol. The van der Waals surface area contributed by atoms with Crippen molar-refractivity contribution in [3.8, 4) is 11.5 Å². The highest BCUT2D eigenvalue weighted by molar-refractivity contribution is 5.54. The second-order valence-electron chi connectivity index (χ2n) is 3.79. The minimum atomic E-state index is -0.735. The fraction of sp³-hybridized carbons (Fsp3) is 0.273. The summed E-state index contributed by atoms with van der Waals surface area (Å²) in [6.45, 7) is 1.78. The van der Waals surface area contributed by atoms with Crippen LogP contribution in [0.5, 0.6) is 0 Å². The van der Waals surface area contributed by atoms with Gasteiger partial charge in [-0.1, -0.05) is 11.2 Å². The van der Waals surface area contributed by atoms with Crippen molar-refractivity contribution in [1.29, 1.82) is 0 Å². The molecule has 1 atom stereocenters. The molecule has 0 radical (unpaired) electrons. The van der Waals surface area contributed by atoms with Crippen LogP contribution in [0, 0.1) is 11.6 Å². The van der Waals surface area contributed by atoms with E-state index in [1.807, 2.05) is 0 Å². The maximum absolute atomic E-state index is 13.4. The summed E-state index contributed by atoms with van der Waals surface area (Å²) in [7, 11) is 0. The topological polar surface area (TPSA) is 64.9 Å². The van der Waals surface area contributed by atoms with Crippen LogP contribution >= 0.6 is 0 Å². The van der Waals surface area contributed by atoms with Gasteiger partial charge in [0.25, 0.3) is 5.89 Å². The van der Waals surface area contributed by atoms with E-state index in [-0.39, 0.29) is 17.5 Å². The third kappa shape index (κ3) is 2.47. The highest BCUT2D eigenvalue weighted by Crippen LogP contribution is 2.24. The quantitative estimate of drug-likeness (QED) is 0.888. The van der Waals surface area contributed by atoms with Crippen LogP contribution in [0.25, 0.3) is 11.5 Å². The molecule has 1 heterocycles. The monoisotopic (exact) mass is 239 g/mol. The molecule has 1 aromatic carbocycles. The molecule has 2 N–H and O–H groups in total. The first-order chi connectivity index (χ1) is 8.08. The molecule has 0 saturated heterocycles. The number of rotatable bonds is 3. The van der Waals surface area contributed by atoms with Gasteiger partial charge < -0.3 is 10.3 Å². The first-order valence-corrected chi connectivity index (χ1v) is 5.10. The van der Waals surface area contributed by atoms with Crippen LogP contribution in [0.1, 0.15) is 12.7 Å². The van der Waals surface area contributed by atoms with Crippen molar-refractivity contribution in [2.45, 2.75) is 19.4 Å². The highest BCUT2D eigenvalue weighted by atomic mass is 19.1. The Labute approximate surface area is 96.4 Å². The summed E-state index contributed by atoms with van der Waals surface area (Å²) in [4.78, 5) is 3.90. The van der Waals surface area contributed by atoms with Crippen molar-refractivity contribution in [3.05, 3.63) is 35.7 Å². The van der Waals surface area contributed by atoms with Gasteiger partial charge in [-0.15, -0.1) is 0 Å². The molecule has 2 rings (SSSR count). The summed E-state index contributed by atoms with van der Waals surface area (Å²) in [5, 5.41) is 3.62. The second-order valence-corrected chi connectivity index (χ2v) is 3.79. The molecule has 0 amide bonds. The Balaban J connectivity index is 2.37. The molecule has 4 nitrogen and oxygen atoms in total. The third-order valence-electron chi connectivity index (χ3n) is 2.15. The predicted molar refractivity (Wildman–Crippen MR) is 57.0 cm³/mol. The summed E-state index contributed by atoms with van der Waals surface area (Å²) >= 11 is 0. The average molecular weight is 239 g/mol. The van der Waals surface area contributed by atoms with E-state index >= 15 is 0 Å². The Hall–Kier alpha value is -1.82. The first kappa shape index (κ1) is 11.7. The highest BCUT2D eigenvalue weighted by Gasteiger charge is 2.18. The fourth-order valence-electron chi connectivity index (χ4n) is 1.43. The molecule has 1 aromatic heterocycles. The smallest absolute Gasteiger partial charge is 0.263 e. The van der Waals surface area contributed by atoms with Gasteiger partial charge in [-0.25, -0.2) is 8.78 Å². The van der Waals surface area contributed by atoms with Gasteiger partial charge in [0.05, 0.1) is 0 Å². The van der Waals surface area contributed by atoms with Crippen molar-refractivity contribution in [2.75, 3.05) is 0 Å². The van der Waals surface area contributed by atoms with Gasteiger partial charge >= 0.3 is 0 Å². The molecule has 1 unspecified atom stereocenters. The van der Waals surface area contributed by atoms with Crippen LogP contribution in [0.2, 0.25) is 0 Å². The minimum absolute atomic E-state index is 0.147. The lowest BCUT2D eigenvalue weighted by atomic mass is 10.2. The zero-order chi connectivity index (χ0) is 12.4. The van der Waals surface area contributed by atoms with Crippen molar-refractivity contribution >= 4 is 0 Å². The number of halogens is 2. The van der Waals surface area contributed by atoms with Gasteiger partial charge in [-0.3, -0.25) is 0 Å². The van der Waals surface area contributed by atoms with Crippen LogP contribution < -0.4 is 5.73 Å². The van der Waals surface area contributed by atoms with E-state index in [1.165, 1.54) is 6.07 Å². The Morgan fingerprint density at radius 2 is 2.00 bits per heavy atom. The lowest BCUT2D eigenvalue weighted by molar-refractivity contribution is 0.415. The molecule has 0 saturated carbocycles. The molecule has 17 heavy (non-hydrogen) atoms. The molecule has 0 spiro atoms. The molecule has 2 aromatic rings. The van der Waals surface area contributed by atoms with Crippen molar-refractivity contribution in [2.24, 2.45) is 5.73 Å². The molecule has 0 aliphatic carbocycles. The van der Waals surface area contributed by atoms with E-state index in [1.54, 1.807) is 6.92 Å². The van der Waals surface area contributed by atoms with Gasteiger partial charge in [0.2, 0.25) is 0 Å².